The van der Waals surface area contributed by atoms with Crippen LogP contribution < -0.4 is 11.5 Å². The van der Waals surface area contributed by atoms with Crippen molar-refractivity contribution in [3.8, 4) is 0 Å². The zero-order valence-electron chi connectivity index (χ0n) is 36.3. The van der Waals surface area contributed by atoms with Crippen molar-refractivity contribution in [3.05, 3.63) is 0 Å². The third kappa shape index (κ3) is 28.3. The van der Waals surface area contributed by atoms with Crippen molar-refractivity contribution in [2.75, 3.05) is 101 Å². The summed E-state index contributed by atoms with van der Waals surface area (Å²) < 4.78 is 42.4. The molecule has 0 aromatic rings. The number of hydrogen-bond acceptors (Lipinski definition) is 21. The first-order chi connectivity index (χ1) is 28.7. The van der Waals surface area contributed by atoms with Crippen LogP contribution in [0.5, 0.6) is 0 Å². The number of hydrogen-bond donors (Lipinski definition) is 3. The third-order valence-corrected chi connectivity index (χ3v) is 11.5. The molecule has 0 saturated carbocycles. The molecule has 6 atom stereocenters. The molecule has 0 amide bonds. The van der Waals surface area contributed by atoms with Gasteiger partial charge in [0.1, 0.15) is 12.7 Å². The SMILES string of the molecule is CCN(CC)CCSCCCC(OC(=O)C(C)OC(=O)C(CCCSCCN)OC(=O)C(C)O)C(=O)OC(C)C(=O)OC(CCCSCCN)C(=O)OCCOCCOC. The summed E-state index contributed by atoms with van der Waals surface area (Å²) in [7, 11) is 1.53. The molecule has 0 rings (SSSR count). The monoisotopic (exact) mass is 917 g/mol. The number of carbonyl (C=O) groups is 6. The number of aliphatic hydroxyl groups excluding tert-OH is 1. The van der Waals surface area contributed by atoms with Crippen molar-refractivity contribution < 1.29 is 71.8 Å². The largest absolute Gasteiger partial charge is 0.460 e. The second kappa shape index (κ2) is 37.2. The van der Waals surface area contributed by atoms with E-state index in [2.05, 4.69) is 18.7 Å². The highest BCUT2D eigenvalue weighted by atomic mass is 32.2. The van der Waals surface area contributed by atoms with Crippen LogP contribution in [0.25, 0.3) is 0 Å². The summed E-state index contributed by atoms with van der Waals surface area (Å²) in [5, 5.41) is 9.64. The highest BCUT2D eigenvalue weighted by molar-refractivity contribution is 7.99. The lowest BCUT2D eigenvalue weighted by Crippen LogP contribution is -2.40. The molecule has 0 heterocycles. The van der Waals surface area contributed by atoms with Crippen molar-refractivity contribution in [3.63, 3.8) is 0 Å². The highest BCUT2D eigenvalue weighted by Crippen LogP contribution is 2.17. The van der Waals surface area contributed by atoms with E-state index in [9.17, 15) is 33.9 Å². The zero-order chi connectivity index (χ0) is 45.1. The molecule has 0 radical (unpaired) electrons. The quantitative estimate of drug-likeness (QED) is 0.0455. The molecule has 0 aliphatic carbocycles. The van der Waals surface area contributed by atoms with Crippen molar-refractivity contribution in [1.82, 2.24) is 4.90 Å². The first kappa shape index (κ1) is 57.6. The predicted molar refractivity (Wildman–Crippen MR) is 232 cm³/mol. The summed E-state index contributed by atoms with van der Waals surface area (Å²) in [6.45, 7) is 12.2. The first-order valence-electron chi connectivity index (χ1n) is 20.5. The Morgan fingerprint density at radius 3 is 1.38 bits per heavy atom. The predicted octanol–water partition coefficient (Wildman–Crippen LogP) is 1.97. The fourth-order valence-corrected chi connectivity index (χ4v) is 7.28. The van der Waals surface area contributed by atoms with E-state index in [1.165, 1.54) is 27.9 Å². The summed E-state index contributed by atoms with van der Waals surface area (Å²) in [6.07, 6.45) is -7.18. The topological polar surface area (TPSA) is 252 Å². The third-order valence-electron chi connectivity index (χ3n) is 8.29. The van der Waals surface area contributed by atoms with Crippen molar-refractivity contribution in [2.45, 2.75) is 110 Å². The standard InChI is InChI=1S/C39H71N3O15S3/c1-7-42(8-2)17-27-60-24-11-14-33(57-36(46)30(5)53-38(48)32(55-34(44)28(3)43)13-10-23-59-26-16-41)39(49)54-29(4)35(45)56-31(12-9-22-58-25-15-40)37(47)52-21-20-51-19-18-50-6/h28-33,43H,7-27,40-41H2,1-6H3. The van der Waals surface area contributed by atoms with Crippen LogP contribution in [-0.4, -0.2) is 183 Å². The Morgan fingerprint density at radius 1 is 0.550 bits per heavy atom. The van der Waals surface area contributed by atoms with Crippen LogP contribution in [0.4, 0.5) is 0 Å². The van der Waals surface area contributed by atoms with Crippen molar-refractivity contribution in [2.24, 2.45) is 11.5 Å². The smallest absolute Gasteiger partial charge is 0.348 e. The average Bonchev–Trinajstić information content (AvgIpc) is 3.22. The highest BCUT2D eigenvalue weighted by Gasteiger charge is 2.35. The van der Waals surface area contributed by atoms with Gasteiger partial charge in [-0.15, -0.1) is 0 Å². The maximum Gasteiger partial charge on any atom is 0.348 e. The van der Waals surface area contributed by atoms with Gasteiger partial charge in [-0.1, -0.05) is 13.8 Å². The molecular formula is C39H71N3O15S3. The van der Waals surface area contributed by atoms with Crippen molar-refractivity contribution in [1.29, 1.82) is 0 Å². The van der Waals surface area contributed by atoms with Crippen LogP contribution in [0.3, 0.4) is 0 Å². The summed E-state index contributed by atoms with van der Waals surface area (Å²) in [4.78, 5) is 80.4. The Bertz CT molecular complexity index is 1200. The number of carbonyl (C=O) groups excluding carboxylic acids is 6. The number of thioether (sulfide) groups is 3. The van der Waals surface area contributed by atoms with E-state index in [1.54, 1.807) is 35.3 Å². The minimum atomic E-state index is -1.54. The number of nitrogens with zero attached hydrogens (tertiary/aromatic N) is 1. The lowest BCUT2D eigenvalue weighted by molar-refractivity contribution is -0.189. The minimum Gasteiger partial charge on any atom is -0.460 e. The Balaban J connectivity index is 5.81. The van der Waals surface area contributed by atoms with Gasteiger partial charge in [0.25, 0.3) is 0 Å². The Kier molecular flexibility index (Phi) is 35.7. The molecule has 0 spiro atoms. The molecule has 18 nitrogen and oxygen atoms in total. The van der Waals surface area contributed by atoms with E-state index in [1.807, 2.05) is 0 Å². The van der Waals surface area contributed by atoms with Crippen LogP contribution in [0.15, 0.2) is 0 Å². The van der Waals surface area contributed by atoms with E-state index >= 15 is 0 Å². The van der Waals surface area contributed by atoms with Gasteiger partial charge < -0.3 is 59.4 Å². The van der Waals surface area contributed by atoms with Gasteiger partial charge in [-0.3, -0.25) is 0 Å². The van der Waals surface area contributed by atoms with E-state index in [0.29, 0.717) is 68.6 Å². The van der Waals surface area contributed by atoms with Gasteiger partial charge >= 0.3 is 35.8 Å². The first-order valence-corrected chi connectivity index (χ1v) is 24.0. The number of ether oxygens (including phenoxy) is 8. The van der Waals surface area contributed by atoms with Crippen LogP contribution in [0.1, 0.15) is 73.1 Å². The number of methoxy groups -OCH3 is 1. The Hall–Kier alpha value is -2.37. The van der Waals surface area contributed by atoms with Crippen LogP contribution in [-0.2, 0) is 66.7 Å². The van der Waals surface area contributed by atoms with E-state index in [-0.39, 0.29) is 32.5 Å². The number of aliphatic hydroxyl groups is 1. The molecule has 0 aromatic heterocycles. The molecule has 0 bridgehead atoms. The fourth-order valence-electron chi connectivity index (χ4n) is 4.84. The summed E-state index contributed by atoms with van der Waals surface area (Å²) in [6, 6.07) is 0. The molecule has 350 valence electrons. The number of rotatable bonds is 38. The van der Waals surface area contributed by atoms with E-state index in [0.717, 1.165) is 31.1 Å². The van der Waals surface area contributed by atoms with Gasteiger partial charge in [-0.25, -0.2) is 28.8 Å². The minimum absolute atomic E-state index is 0.0161. The van der Waals surface area contributed by atoms with Crippen LogP contribution in [0, 0.1) is 0 Å². The molecule has 21 heteroatoms. The van der Waals surface area contributed by atoms with Crippen LogP contribution in [0.2, 0.25) is 0 Å². The molecule has 0 aliphatic heterocycles. The Labute approximate surface area is 368 Å². The number of esters is 6. The molecule has 0 aliphatic rings. The normalized spacial score (nSPS) is 14.3. The average molecular weight is 918 g/mol. The summed E-state index contributed by atoms with van der Waals surface area (Å²) in [5.41, 5.74) is 11.1. The lowest BCUT2D eigenvalue weighted by atomic mass is 10.2. The molecule has 6 unspecified atom stereocenters. The van der Waals surface area contributed by atoms with E-state index < -0.39 is 72.4 Å². The maximum absolute atomic E-state index is 13.5. The molecule has 60 heavy (non-hydrogen) atoms. The lowest BCUT2D eigenvalue weighted by Gasteiger charge is -2.23. The van der Waals surface area contributed by atoms with E-state index in [4.69, 9.17) is 49.4 Å². The van der Waals surface area contributed by atoms with Gasteiger partial charge in [0.15, 0.2) is 30.5 Å². The van der Waals surface area contributed by atoms with Gasteiger partial charge in [-0.2, -0.15) is 35.3 Å². The van der Waals surface area contributed by atoms with Gasteiger partial charge in [0.2, 0.25) is 0 Å². The van der Waals surface area contributed by atoms with Gasteiger partial charge in [-0.05, 0) is 89.6 Å². The second-order valence-electron chi connectivity index (χ2n) is 13.3. The number of nitrogens with two attached hydrogens (primary N) is 2. The molecule has 5 N–H and O–H groups in total. The molecule has 0 fully saturated rings. The molecule has 0 aromatic carbocycles. The van der Waals surface area contributed by atoms with Crippen molar-refractivity contribution >= 4 is 71.1 Å². The molecular weight excluding hydrogens is 847 g/mol. The van der Waals surface area contributed by atoms with Gasteiger partial charge in [0, 0.05) is 44.0 Å². The summed E-state index contributed by atoms with van der Waals surface area (Å²) in [5.74, 6) is -1.89. The Morgan fingerprint density at radius 2 is 0.967 bits per heavy atom. The summed E-state index contributed by atoms with van der Waals surface area (Å²) >= 11 is 4.79. The zero-order valence-corrected chi connectivity index (χ0v) is 38.8. The molecule has 0 saturated heterocycles. The fraction of sp³-hybridized carbons (Fsp3) is 0.846. The van der Waals surface area contributed by atoms with Gasteiger partial charge in [0.05, 0.1) is 19.8 Å². The maximum atomic E-state index is 13.5. The van der Waals surface area contributed by atoms with Crippen LogP contribution >= 0.6 is 35.3 Å². The second-order valence-corrected chi connectivity index (χ2v) is 16.9.